The first-order chi connectivity index (χ1) is 6.63. The first-order valence-electron chi connectivity index (χ1n) is 4.23. The average Bonchev–Trinajstić information content (AvgIpc) is 2.19. The molecular formula is C10H12ClNO2. The van der Waals surface area contributed by atoms with Gasteiger partial charge < -0.3 is 10.1 Å². The van der Waals surface area contributed by atoms with E-state index in [0.717, 1.165) is 5.56 Å². The van der Waals surface area contributed by atoms with Crippen molar-refractivity contribution in [2.75, 3.05) is 13.7 Å². The highest BCUT2D eigenvalue weighted by molar-refractivity contribution is 6.32. The molecule has 76 valence electrons. The Bertz CT molecular complexity index is 339. The molecule has 14 heavy (non-hydrogen) atoms. The summed E-state index contributed by atoms with van der Waals surface area (Å²) >= 11 is 5.87. The smallest absolute Gasteiger partial charge is 0.257 e. The number of aryl methyl sites for hydroxylation is 1. The van der Waals surface area contributed by atoms with Gasteiger partial charge >= 0.3 is 0 Å². The SMILES string of the molecule is CNC(=O)COc1cc(C)ccc1Cl. The van der Waals surface area contributed by atoms with Crippen molar-refractivity contribution in [3.8, 4) is 5.75 Å². The molecule has 1 amide bonds. The van der Waals surface area contributed by atoms with Crippen LogP contribution in [0.3, 0.4) is 0 Å². The summed E-state index contributed by atoms with van der Waals surface area (Å²) < 4.78 is 5.23. The number of benzene rings is 1. The fraction of sp³-hybridized carbons (Fsp3) is 0.300. The average molecular weight is 214 g/mol. The van der Waals surface area contributed by atoms with Gasteiger partial charge in [-0.25, -0.2) is 0 Å². The van der Waals surface area contributed by atoms with E-state index in [4.69, 9.17) is 16.3 Å². The van der Waals surface area contributed by atoms with Crippen LogP contribution < -0.4 is 10.1 Å². The summed E-state index contributed by atoms with van der Waals surface area (Å²) in [6, 6.07) is 5.43. The van der Waals surface area contributed by atoms with Gasteiger partial charge in [-0.2, -0.15) is 0 Å². The fourth-order valence-electron chi connectivity index (χ4n) is 0.937. The molecule has 0 aliphatic carbocycles. The minimum atomic E-state index is -0.178. The third kappa shape index (κ3) is 2.92. The summed E-state index contributed by atoms with van der Waals surface area (Å²) in [6.07, 6.45) is 0. The summed E-state index contributed by atoms with van der Waals surface area (Å²) in [7, 11) is 1.56. The lowest BCUT2D eigenvalue weighted by Crippen LogP contribution is -2.24. The van der Waals surface area contributed by atoms with Gasteiger partial charge in [-0.05, 0) is 24.6 Å². The number of rotatable bonds is 3. The standard InChI is InChI=1S/C10H12ClNO2/c1-7-3-4-8(11)9(5-7)14-6-10(13)12-2/h3-5H,6H2,1-2H3,(H,12,13). The largest absolute Gasteiger partial charge is 0.482 e. The van der Waals surface area contributed by atoms with E-state index in [2.05, 4.69) is 5.32 Å². The molecule has 0 fully saturated rings. The molecule has 1 N–H and O–H groups in total. The Labute approximate surface area is 88.0 Å². The zero-order chi connectivity index (χ0) is 10.6. The normalized spacial score (nSPS) is 9.64. The summed E-state index contributed by atoms with van der Waals surface area (Å²) in [5.41, 5.74) is 1.04. The van der Waals surface area contributed by atoms with Crippen LogP contribution in [0.15, 0.2) is 18.2 Å². The third-order valence-corrected chi connectivity index (χ3v) is 2.04. The molecule has 0 unspecified atom stereocenters. The number of amides is 1. The topological polar surface area (TPSA) is 38.3 Å². The van der Waals surface area contributed by atoms with E-state index < -0.39 is 0 Å². The van der Waals surface area contributed by atoms with Gasteiger partial charge in [0.2, 0.25) is 0 Å². The molecule has 0 spiro atoms. The van der Waals surface area contributed by atoms with Crippen molar-refractivity contribution in [3.63, 3.8) is 0 Å². The van der Waals surface area contributed by atoms with Gasteiger partial charge in [0.25, 0.3) is 5.91 Å². The van der Waals surface area contributed by atoms with Gasteiger partial charge in [0.15, 0.2) is 6.61 Å². The van der Waals surface area contributed by atoms with Gasteiger partial charge in [-0.15, -0.1) is 0 Å². The van der Waals surface area contributed by atoms with Crippen molar-refractivity contribution >= 4 is 17.5 Å². The molecule has 0 aliphatic rings. The monoisotopic (exact) mass is 213 g/mol. The summed E-state index contributed by atoms with van der Waals surface area (Å²) in [6.45, 7) is 1.92. The van der Waals surface area contributed by atoms with E-state index in [1.54, 1.807) is 19.2 Å². The minimum absolute atomic E-state index is 0.0142. The Morgan fingerprint density at radius 3 is 2.93 bits per heavy atom. The summed E-state index contributed by atoms with van der Waals surface area (Å²) in [5.74, 6) is 0.359. The van der Waals surface area contributed by atoms with Gasteiger partial charge in [0.05, 0.1) is 5.02 Å². The highest BCUT2D eigenvalue weighted by atomic mass is 35.5. The van der Waals surface area contributed by atoms with Crippen LogP contribution >= 0.6 is 11.6 Å². The van der Waals surface area contributed by atoms with Crippen molar-refractivity contribution in [3.05, 3.63) is 28.8 Å². The number of hydrogen-bond acceptors (Lipinski definition) is 2. The second-order valence-corrected chi connectivity index (χ2v) is 3.30. The van der Waals surface area contributed by atoms with Crippen LogP contribution in [0.1, 0.15) is 5.56 Å². The molecule has 1 aromatic carbocycles. The summed E-state index contributed by atoms with van der Waals surface area (Å²) in [4.78, 5) is 10.9. The molecule has 0 heterocycles. The molecule has 0 saturated carbocycles. The Hall–Kier alpha value is -1.22. The second-order valence-electron chi connectivity index (χ2n) is 2.90. The maximum absolute atomic E-state index is 10.9. The van der Waals surface area contributed by atoms with Crippen LogP contribution in [0.5, 0.6) is 5.75 Å². The highest BCUT2D eigenvalue weighted by Crippen LogP contribution is 2.24. The molecule has 0 aromatic heterocycles. The molecule has 0 aliphatic heterocycles. The van der Waals surface area contributed by atoms with Gasteiger partial charge in [-0.1, -0.05) is 17.7 Å². The molecule has 0 saturated heterocycles. The predicted molar refractivity (Wildman–Crippen MR) is 55.8 cm³/mol. The highest BCUT2D eigenvalue weighted by Gasteiger charge is 2.04. The molecular weight excluding hydrogens is 202 g/mol. The number of carbonyl (C=O) groups excluding carboxylic acids is 1. The Balaban J connectivity index is 2.66. The first kappa shape index (κ1) is 10.9. The Morgan fingerprint density at radius 2 is 2.29 bits per heavy atom. The lowest BCUT2D eigenvalue weighted by Gasteiger charge is -2.07. The number of nitrogens with one attached hydrogen (secondary N) is 1. The van der Waals surface area contributed by atoms with E-state index in [0.29, 0.717) is 10.8 Å². The van der Waals surface area contributed by atoms with Gasteiger partial charge in [0, 0.05) is 7.05 Å². The number of likely N-dealkylation sites (N-methyl/N-ethyl adjacent to an activating group) is 1. The van der Waals surface area contributed by atoms with Crippen LogP contribution in [0, 0.1) is 6.92 Å². The fourth-order valence-corrected chi connectivity index (χ4v) is 1.11. The van der Waals surface area contributed by atoms with Crippen molar-refractivity contribution in [2.24, 2.45) is 0 Å². The van der Waals surface area contributed by atoms with E-state index in [9.17, 15) is 4.79 Å². The summed E-state index contributed by atoms with van der Waals surface area (Å²) in [5, 5.41) is 2.98. The van der Waals surface area contributed by atoms with E-state index in [-0.39, 0.29) is 12.5 Å². The lowest BCUT2D eigenvalue weighted by molar-refractivity contribution is -0.122. The minimum Gasteiger partial charge on any atom is -0.482 e. The Kier molecular flexibility index (Phi) is 3.77. The van der Waals surface area contributed by atoms with Crippen molar-refractivity contribution in [1.82, 2.24) is 5.32 Å². The number of hydrogen-bond donors (Lipinski definition) is 1. The predicted octanol–water partition coefficient (Wildman–Crippen LogP) is 1.77. The molecule has 0 bridgehead atoms. The zero-order valence-electron chi connectivity index (χ0n) is 8.13. The van der Waals surface area contributed by atoms with E-state index in [1.807, 2.05) is 13.0 Å². The zero-order valence-corrected chi connectivity index (χ0v) is 8.89. The van der Waals surface area contributed by atoms with Crippen molar-refractivity contribution < 1.29 is 9.53 Å². The van der Waals surface area contributed by atoms with Crippen LogP contribution in [-0.4, -0.2) is 19.6 Å². The first-order valence-corrected chi connectivity index (χ1v) is 4.61. The van der Waals surface area contributed by atoms with Crippen LogP contribution in [0.25, 0.3) is 0 Å². The second kappa shape index (κ2) is 4.86. The quantitative estimate of drug-likeness (QED) is 0.831. The van der Waals surface area contributed by atoms with Crippen molar-refractivity contribution in [1.29, 1.82) is 0 Å². The molecule has 3 nitrogen and oxygen atoms in total. The van der Waals surface area contributed by atoms with Crippen LogP contribution in [-0.2, 0) is 4.79 Å². The molecule has 1 aromatic rings. The maximum atomic E-state index is 10.9. The van der Waals surface area contributed by atoms with E-state index >= 15 is 0 Å². The Morgan fingerprint density at radius 1 is 1.57 bits per heavy atom. The maximum Gasteiger partial charge on any atom is 0.257 e. The van der Waals surface area contributed by atoms with Crippen LogP contribution in [0.4, 0.5) is 0 Å². The van der Waals surface area contributed by atoms with E-state index in [1.165, 1.54) is 0 Å². The third-order valence-electron chi connectivity index (χ3n) is 1.72. The molecule has 4 heteroatoms. The van der Waals surface area contributed by atoms with Gasteiger partial charge in [-0.3, -0.25) is 4.79 Å². The molecule has 1 rings (SSSR count). The van der Waals surface area contributed by atoms with Gasteiger partial charge in [0.1, 0.15) is 5.75 Å². The number of ether oxygens (including phenoxy) is 1. The molecule has 0 atom stereocenters. The number of carbonyl (C=O) groups is 1. The lowest BCUT2D eigenvalue weighted by atomic mass is 10.2. The van der Waals surface area contributed by atoms with Crippen molar-refractivity contribution in [2.45, 2.75) is 6.92 Å². The molecule has 0 radical (unpaired) electrons. The number of halogens is 1. The van der Waals surface area contributed by atoms with Crippen LogP contribution in [0.2, 0.25) is 5.02 Å².